The van der Waals surface area contributed by atoms with Crippen molar-refractivity contribution >= 4 is 34.8 Å². The smallest absolute Gasteiger partial charge is 0.239 e. The van der Waals surface area contributed by atoms with Gasteiger partial charge in [0.1, 0.15) is 0 Å². The molecular formula is C19H18ClN5O2S. The molecule has 1 amide bonds. The van der Waals surface area contributed by atoms with E-state index in [1.54, 1.807) is 24.3 Å². The minimum absolute atomic E-state index is 0.0833. The summed E-state index contributed by atoms with van der Waals surface area (Å²) in [5.41, 5.74) is 10.2. The van der Waals surface area contributed by atoms with Gasteiger partial charge in [-0.25, -0.2) is 0 Å². The molecule has 0 aliphatic rings. The zero-order valence-corrected chi connectivity index (χ0v) is 16.4. The molecule has 0 aliphatic heterocycles. The third-order valence-corrected chi connectivity index (χ3v) is 4.32. The molecule has 2 aromatic carbocycles. The summed E-state index contributed by atoms with van der Waals surface area (Å²) >= 11 is 10.9. The number of nitrogens with zero attached hydrogens (tertiary/aromatic N) is 3. The number of halogens is 1. The van der Waals surface area contributed by atoms with E-state index in [0.29, 0.717) is 29.7 Å². The van der Waals surface area contributed by atoms with Crippen molar-refractivity contribution in [3.63, 3.8) is 0 Å². The SMILES string of the molecule is NC(=S)N(Cc1ccccc1)NC(=O)CCc1nc(-c2ccc(Cl)cc2)no1. The van der Waals surface area contributed by atoms with Crippen LogP contribution < -0.4 is 11.2 Å². The summed E-state index contributed by atoms with van der Waals surface area (Å²) in [6.45, 7) is 0.378. The molecule has 0 saturated carbocycles. The second-order valence-electron chi connectivity index (χ2n) is 5.96. The molecule has 0 saturated heterocycles. The van der Waals surface area contributed by atoms with Gasteiger partial charge >= 0.3 is 0 Å². The fraction of sp³-hybridized carbons (Fsp3) is 0.158. The Balaban J connectivity index is 1.54. The number of aromatic nitrogens is 2. The number of rotatable bonds is 6. The van der Waals surface area contributed by atoms with Gasteiger partial charge in [0.05, 0.1) is 6.54 Å². The molecule has 28 heavy (non-hydrogen) atoms. The number of nitrogens with one attached hydrogen (secondary N) is 1. The van der Waals surface area contributed by atoms with Crippen LogP contribution in [0.15, 0.2) is 59.1 Å². The molecular weight excluding hydrogens is 398 g/mol. The van der Waals surface area contributed by atoms with Crippen LogP contribution in [0.25, 0.3) is 11.4 Å². The molecule has 0 bridgehead atoms. The predicted molar refractivity (Wildman–Crippen MR) is 110 cm³/mol. The maximum absolute atomic E-state index is 12.3. The van der Waals surface area contributed by atoms with Crippen molar-refractivity contribution in [1.82, 2.24) is 20.6 Å². The Kier molecular flexibility index (Phi) is 6.57. The molecule has 7 nitrogen and oxygen atoms in total. The van der Waals surface area contributed by atoms with Gasteiger partial charge in [-0.15, -0.1) is 0 Å². The van der Waals surface area contributed by atoms with Crippen LogP contribution in [0.2, 0.25) is 5.02 Å². The van der Waals surface area contributed by atoms with Gasteiger partial charge in [-0.3, -0.25) is 15.2 Å². The van der Waals surface area contributed by atoms with Gasteiger partial charge in [0, 0.05) is 23.4 Å². The standard InChI is InChI=1S/C19H18ClN5O2S/c20-15-8-6-14(7-9-15)18-22-17(27-24-18)11-10-16(26)23-25(19(21)28)12-13-4-2-1-3-5-13/h1-9H,10-12H2,(H2,21,28)(H,23,26). The minimum Gasteiger partial charge on any atom is -0.375 e. The van der Waals surface area contributed by atoms with Crippen LogP contribution in [-0.2, 0) is 17.8 Å². The number of nitrogens with two attached hydrogens (primary N) is 1. The van der Waals surface area contributed by atoms with Gasteiger partial charge in [0.15, 0.2) is 5.11 Å². The van der Waals surface area contributed by atoms with Crippen LogP contribution >= 0.6 is 23.8 Å². The lowest BCUT2D eigenvalue weighted by atomic mass is 10.2. The highest BCUT2D eigenvalue weighted by atomic mass is 35.5. The van der Waals surface area contributed by atoms with Crippen LogP contribution in [0.5, 0.6) is 0 Å². The molecule has 1 heterocycles. The third kappa shape index (κ3) is 5.51. The first-order valence-electron chi connectivity index (χ1n) is 8.50. The first kappa shape index (κ1) is 19.8. The quantitative estimate of drug-likeness (QED) is 0.471. The lowest BCUT2D eigenvalue weighted by Crippen LogP contribution is -2.48. The van der Waals surface area contributed by atoms with Crippen molar-refractivity contribution in [3.05, 3.63) is 71.1 Å². The van der Waals surface area contributed by atoms with Crippen molar-refractivity contribution in [2.45, 2.75) is 19.4 Å². The Hall–Kier alpha value is -2.97. The van der Waals surface area contributed by atoms with Crippen LogP contribution in [-0.4, -0.2) is 26.2 Å². The highest BCUT2D eigenvalue weighted by molar-refractivity contribution is 7.80. The van der Waals surface area contributed by atoms with E-state index in [-0.39, 0.29) is 17.4 Å². The number of thiocarbonyl (C=S) groups is 1. The Morgan fingerprint density at radius 3 is 2.57 bits per heavy atom. The second-order valence-corrected chi connectivity index (χ2v) is 6.82. The first-order valence-corrected chi connectivity index (χ1v) is 9.29. The van der Waals surface area contributed by atoms with Crippen LogP contribution in [0, 0.1) is 0 Å². The molecule has 0 fully saturated rings. The summed E-state index contributed by atoms with van der Waals surface area (Å²) in [4.78, 5) is 16.6. The van der Waals surface area contributed by atoms with E-state index in [0.717, 1.165) is 11.1 Å². The Morgan fingerprint density at radius 2 is 1.89 bits per heavy atom. The number of hydrazine groups is 1. The monoisotopic (exact) mass is 415 g/mol. The van der Waals surface area contributed by atoms with Gasteiger partial charge in [-0.1, -0.05) is 47.1 Å². The van der Waals surface area contributed by atoms with Gasteiger partial charge in [0.25, 0.3) is 0 Å². The molecule has 0 radical (unpaired) electrons. The minimum atomic E-state index is -0.255. The van der Waals surface area contributed by atoms with E-state index >= 15 is 0 Å². The number of amides is 1. The number of aryl methyl sites for hydroxylation is 1. The van der Waals surface area contributed by atoms with E-state index < -0.39 is 0 Å². The normalized spacial score (nSPS) is 10.5. The zero-order chi connectivity index (χ0) is 19.9. The number of carbonyl (C=O) groups is 1. The lowest BCUT2D eigenvalue weighted by molar-refractivity contribution is -0.124. The second kappa shape index (κ2) is 9.29. The number of benzene rings is 2. The molecule has 0 spiro atoms. The van der Waals surface area contributed by atoms with E-state index in [9.17, 15) is 4.79 Å². The van der Waals surface area contributed by atoms with Crippen molar-refractivity contribution in [1.29, 1.82) is 0 Å². The van der Waals surface area contributed by atoms with Crippen molar-refractivity contribution < 1.29 is 9.32 Å². The number of carbonyl (C=O) groups excluding carboxylic acids is 1. The molecule has 0 atom stereocenters. The average molecular weight is 416 g/mol. The predicted octanol–water partition coefficient (Wildman–Crippen LogP) is 3.10. The van der Waals surface area contributed by atoms with E-state index in [4.69, 9.17) is 34.1 Å². The molecule has 144 valence electrons. The molecule has 3 rings (SSSR count). The van der Waals surface area contributed by atoms with Crippen LogP contribution in [0.1, 0.15) is 17.9 Å². The maximum atomic E-state index is 12.3. The number of hydrogen-bond acceptors (Lipinski definition) is 5. The maximum Gasteiger partial charge on any atom is 0.239 e. The summed E-state index contributed by atoms with van der Waals surface area (Å²) in [6.07, 6.45) is 0.444. The summed E-state index contributed by atoms with van der Waals surface area (Å²) in [6, 6.07) is 16.7. The van der Waals surface area contributed by atoms with Crippen molar-refractivity contribution in [2.75, 3.05) is 0 Å². The first-order chi connectivity index (χ1) is 13.5. The molecule has 0 unspecified atom stereocenters. The lowest BCUT2D eigenvalue weighted by Gasteiger charge is -2.23. The summed E-state index contributed by atoms with van der Waals surface area (Å²) in [7, 11) is 0. The van der Waals surface area contributed by atoms with Crippen molar-refractivity contribution in [3.8, 4) is 11.4 Å². The highest BCUT2D eigenvalue weighted by Gasteiger charge is 2.14. The Morgan fingerprint density at radius 1 is 1.18 bits per heavy atom. The van der Waals surface area contributed by atoms with Crippen LogP contribution in [0.3, 0.4) is 0 Å². The average Bonchev–Trinajstić information content (AvgIpc) is 3.16. The van der Waals surface area contributed by atoms with E-state index in [2.05, 4.69) is 15.6 Å². The third-order valence-electron chi connectivity index (χ3n) is 3.85. The van der Waals surface area contributed by atoms with Gasteiger partial charge in [-0.2, -0.15) is 4.98 Å². The van der Waals surface area contributed by atoms with Crippen LogP contribution in [0.4, 0.5) is 0 Å². The Bertz CT molecular complexity index is 946. The topological polar surface area (TPSA) is 97.3 Å². The van der Waals surface area contributed by atoms with Crippen molar-refractivity contribution in [2.24, 2.45) is 5.73 Å². The summed E-state index contributed by atoms with van der Waals surface area (Å²) < 4.78 is 5.21. The zero-order valence-electron chi connectivity index (χ0n) is 14.8. The highest BCUT2D eigenvalue weighted by Crippen LogP contribution is 2.19. The fourth-order valence-corrected chi connectivity index (χ4v) is 2.67. The molecule has 0 aliphatic carbocycles. The molecule has 1 aromatic heterocycles. The summed E-state index contributed by atoms with van der Waals surface area (Å²) in [5, 5.41) is 6.07. The number of hydrogen-bond donors (Lipinski definition) is 2. The Labute approximate surface area is 172 Å². The van der Waals surface area contributed by atoms with Gasteiger partial charge in [0.2, 0.25) is 17.6 Å². The van der Waals surface area contributed by atoms with Gasteiger partial charge < -0.3 is 10.3 Å². The van der Waals surface area contributed by atoms with Gasteiger partial charge in [-0.05, 0) is 42.0 Å². The summed E-state index contributed by atoms with van der Waals surface area (Å²) in [5.74, 6) is 0.556. The van der Waals surface area contributed by atoms with E-state index in [1.165, 1.54) is 5.01 Å². The molecule has 3 aromatic rings. The fourth-order valence-electron chi connectivity index (χ4n) is 2.44. The molecule has 3 N–H and O–H groups in total. The molecule has 9 heteroatoms. The largest absolute Gasteiger partial charge is 0.375 e. The van der Waals surface area contributed by atoms with E-state index in [1.807, 2.05) is 30.3 Å².